The molecule has 6 nitrogen and oxygen atoms in total. The molecule has 144 valence electrons. The number of nitrogens with zero attached hydrogens (tertiary/aromatic N) is 2. The number of rotatable bonds is 5. The fourth-order valence-corrected chi connectivity index (χ4v) is 3.11. The van der Waals surface area contributed by atoms with Crippen molar-refractivity contribution in [3.63, 3.8) is 0 Å². The molecule has 3 aromatic rings. The van der Waals surface area contributed by atoms with Crippen molar-refractivity contribution in [2.24, 2.45) is 0 Å². The van der Waals surface area contributed by atoms with Gasteiger partial charge in [0.05, 0.1) is 5.56 Å². The number of para-hydroxylation sites is 1. The van der Waals surface area contributed by atoms with E-state index < -0.39 is 11.9 Å². The molecule has 1 amide bonds. The van der Waals surface area contributed by atoms with Gasteiger partial charge in [-0.15, -0.1) is 0 Å². The highest BCUT2D eigenvalue weighted by Crippen LogP contribution is 2.23. The van der Waals surface area contributed by atoms with E-state index in [-0.39, 0.29) is 11.1 Å². The Balaban J connectivity index is 1.87. The number of aromatic nitrogens is 1. The number of carbonyl (C=O) groups is 2. The number of carboxylic acid groups (broad SMARTS) is 1. The highest BCUT2D eigenvalue weighted by molar-refractivity contribution is 6.09. The van der Waals surface area contributed by atoms with Crippen molar-refractivity contribution < 1.29 is 14.7 Å². The molecule has 0 fully saturated rings. The lowest BCUT2D eigenvalue weighted by molar-refractivity contribution is -0.112. The lowest BCUT2D eigenvalue weighted by Gasteiger charge is -2.09. The zero-order chi connectivity index (χ0) is 21.0. The summed E-state index contributed by atoms with van der Waals surface area (Å²) < 4.78 is 2.06. The van der Waals surface area contributed by atoms with E-state index in [1.165, 1.54) is 24.3 Å². The first-order valence-electron chi connectivity index (χ1n) is 8.91. The van der Waals surface area contributed by atoms with Gasteiger partial charge in [-0.3, -0.25) is 4.79 Å². The fourth-order valence-electron chi connectivity index (χ4n) is 3.11. The van der Waals surface area contributed by atoms with E-state index in [4.69, 9.17) is 5.11 Å². The van der Waals surface area contributed by atoms with Crippen LogP contribution in [-0.4, -0.2) is 21.6 Å². The fraction of sp³-hybridized carbons (Fsp3) is 0.0870. The molecule has 0 radical (unpaired) electrons. The molecule has 0 saturated heterocycles. The maximum atomic E-state index is 12.5. The molecule has 0 aliphatic rings. The maximum Gasteiger partial charge on any atom is 0.335 e. The third-order valence-corrected chi connectivity index (χ3v) is 4.54. The van der Waals surface area contributed by atoms with Gasteiger partial charge >= 0.3 is 5.97 Å². The molecule has 2 N–H and O–H groups in total. The summed E-state index contributed by atoms with van der Waals surface area (Å²) in [4.78, 5) is 23.4. The van der Waals surface area contributed by atoms with Crippen LogP contribution in [-0.2, 0) is 4.79 Å². The van der Waals surface area contributed by atoms with Crippen LogP contribution in [0.4, 0.5) is 5.69 Å². The minimum atomic E-state index is -1.05. The molecule has 6 heteroatoms. The molecular weight excluding hydrogens is 366 g/mol. The molecule has 1 heterocycles. The lowest BCUT2D eigenvalue weighted by Crippen LogP contribution is -2.13. The summed E-state index contributed by atoms with van der Waals surface area (Å²) in [6.45, 7) is 3.90. The first-order chi connectivity index (χ1) is 13.9. The highest BCUT2D eigenvalue weighted by Gasteiger charge is 2.14. The van der Waals surface area contributed by atoms with E-state index in [1.54, 1.807) is 6.08 Å². The Bertz CT molecular complexity index is 1130. The van der Waals surface area contributed by atoms with E-state index in [0.717, 1.165) is 22.6 Å². The van der Waals surface area contributed by atoms with Crippen LogP contribution in [0.25, 0.3) is 11.8 Å². The van der Waals surface area contributed by atoms with Gasteiger partial charge in [0.15, 0.2) is 0 Å². The molecule has 29 heavy (non-hydrogen) atoms. The van der Waals surface area contributed by atoms with Gasteiger partial charge in [-0.2, -0.15) is 5.26 Å². The number of aromatic carboxylic acids is 1. The number of aryl methyl sites for hydroxylation is 1. The molecule has 0 spiro atoms. The Morgan fingerprint density at radius 2 is 1.72 bits per heavy atom. The monoisotopic (exact) mass is 385 g/mol. The topological polar surface area (TPSA) is 95.1 Å². The van der Waals surface area contributed by atoms with Crippen molar-refractivity contribution in [2.45, 2.75) is 13.8 Å². The van der Waals surface area contributed by atoms with Crippen LogP contribution in [0.1, 0.15) is 27.3 Å². The average Bonchev–Trinajstić information content (AvgIpc) is 3.00. The summed E-state index contributed by atoms with van der Waals surface area (Å²) in [6.07, 6.45) is 1.56. The number of anilines is 1. The van der Waals surface area contributed by atoms with Gasteiger partial charge in [0.25, 0.3) is 5.91 Å². The molecule has 3 rings (SSSR count). The average molecular weight is 385 g/mol. The highest BCUT2D eigenvalue weighted by atomic mass is 16.4. The number of carboxylic acids is 1. The number of nitrogens with one attached hydrogen (secondary N) is 1. The van der Waals surface area contributed by atoms with Crippen molar-refractivity contribution in [1.29, 1.82) is 5.26 Å². The first kappa shape index (κ1) is 19.6. The molecule has 1 aromatic heterocycles. The van der Waals surface area contributed by atoms with E-state index >= 15 is 0 Å². The summed E-state index contributed by atoms with van der Waals surface area (Å²) in [6, 6.07) is 19.4. The van der Waals surface area contributed by atoms with Gasteiger partial charge in [-0.1, -0.05) is 18.2 Å². The number of nitriles is 1. The number of carbonyl (C=O) groups excluding carboxylic acids is 1. The van der Waals surface area contributed by atoms with Crippen LogP contribution in [0, 0.1) is 25.2 Å². The number of hydrogen-bond donors (Lipinski definition) is 2. The number of hydrogen-bond acceptors (Lipinski definition) is 3. The Kier molecular flexibility index (Phi) is 5.61. The number of benzene rings is 2. The maximum absolute atomic E-state index is 12.5. The predicted octanol–water partition coefficient (Wildman–Crippen LogP) is 4.34. The molecule has 0 aliphatic heterocycles. The Hall–Kier alpha value is -4.11. The van der Waals surface area contributed by atoms with Crippen molar-refractivity contribution in [2.75, 3.05) is 5.32 Å². The minimum absolute atomic E-state index is 0.0411. The molecular formula is C23H19N3O3. The summed E-state index contributed by atoms with van der Waals surface area (Å²) >= 11 is 0. The standard InChI is InChI=1S/C23H19N3O3/c1-15-12-18(16(2)26(15)21-6-4-3-5-7-21)13-19(14-24)22(27)25-20-10-8-17(9-11-20)23(28)29/h3-13H,1-2H3,(H,25,27)(H,28,29). The Morgan fingerprint density at radius 1 is 1.07 bits per heavy atom. The first-order valence-corrected chi connectivity index (χ1v) is 8.91. The third-order valence-electron chi connectivity index (χ3n) is 4.54. The molecule has 0 saturated carbocycles. The van der Waals surface area contributed by atoms with Crippen molar-refractivity contribution >= 4 is 23.6 Å². The Labute approximate surface area is 168 Å². The predicted molar refractivity (Wildman–Crippen MR) is 111 cm³/mol. The van der Waals surface area contributed by atoms with Crippen molar-refractivity contribution in [1.82, 2.24) is 4.57 Å². The second kappa shape index (κ2) is 8.28. The van der Waals surface area contributed by atoms with Crippen LogP contribution >= 0.6 is 0 Å². The van der Waals surface area contributed by atoms with Crippen LogP contribution in [0.5, 0.6) is 0 Å². The largest absolute Gasteiger partial charge is 0.478 e. The smallest absolute Gasteiger partial charge is 0.335 e. The van der Waals surface area contributed by atoms with Gasteiger partial charge in [-0.05, 0) is 68.0 Å². The van der Waals surface area contributed by atoms with Gasteiger partial charge in [0, 0.05) is 22.8 Å². The van der Waals surface area contributed by atoms with E-state index in [9.17, 15) is 14.9 Å². The molecule has 0 atom stereocenters. The third kappa shape index (κ3) is 4.25. The molecule has 0 bridgehead atoms. The zero-order valence-corrected chi connectivity index (χ0v) is 16.0. The van der Waals surface area contributed by atoms with Gasteiger partial charge in [0.2, 0.25) is 0 Å². The lowest BCUT2D eigenvalue weighted by atomic mass is 10.1. The van der Waals surface area contributed by atoms with Crippen LogP contribution in [0.3, 0.4) is 0 Å². The van der Waals surface area contributed by atoms with Crippen molar-refractivity contribution in [3.05, 3.63) is 88.8 Å². The molecule has 0 aliphatic carbocycles. The summed E-state index contributed by atoms with van der Waals surface area (Å²) in [7, 11) is 0. The summed E-state index contributed by atoms with van der Waals surface area (Å²) in [5.74, 6) is -1.60. The SMILES string of the molecule is Cc1cc(C=C(C#N)C(=O)Nc2ccc(C(=O)O)cc2)c(C)n1-c1ccccc1. The second-order valence-electron chi connectivity index (χ2n) is 6.50. The van der Waals surface area contributed by atoms with Crippen LogP contribution in [0.15, 0.2) is 66.2 Å². The van der Waals surface area contributed by atoms with E-state index in [1.807, 2.05) is 56.3 Å². The molecule has 0 unspecified atom stereocenters. The normalized spacial score (nSPS) is 11.0. The van der Waals surface area contributed by atoms with Gasteiger partial charge in [0.1, 0.15) is 11.6 Å². The van der Waals surface area contributed by atoms with Crippen LogP contribution in [0.2, 0.25) is 0 Å². The quantitative estimate of drug-likeness (QED) is 0.504. The second-order valence-corrected chi connectivity index (χ2v) is 6.50. The van der Waals surface area contributed by atoms with E-state index in [0.29, 0.717) is 5.69 Å². The minimum Gasteiger partial charge on any atom is -0.478 e. The zero-order valence-electron chi connectivity index (χ0n) is 16.0. The summed E-state index contributed by atoms with van der Waals surface area (Å²) in [5, 5.41) is 21.0. The van der Waals surface area contributed by atoms with Gasteiger partial charge in [-0.25, -0.2) is 4.79 Å². The summed E-state index contributed by atoms with van der Waals surface area (Å²) in [5.41, 5.74) is 4.17. The Morgan fingerprint density at radius 3 is 2.31 bits per heavy atom. The molecule has 2 aromatic carbocycles. The van der Waals surface area contributed by atoms with Gasteiger partial charge < -0.3 is 15.0 Å². The van der Waals surface area contributed by atoms with Crippen molar-refractivity contribution in [3.8, 4) is 11.8 Å². The number of amides is 1. The van der Waals surface area contributed by atoms with Crippen LogP contribution < -0.4 is 5.32 Å². The van der Waals surface area contributed by atoms with E-state index in [2.05, 4.69) is 9.88 Å².